The van der Waals surface area contributed by atoms with Crippen LogP contribution in [0.1, 0.15) is 19.4 Å². The van der Waals surface area contributed by atoms with Gasteiger partial charge in [-0.3, -0.25) is 14.5 Å². The van der Waals surface area contributed by atoms with Gasteiger partial charge in [-0.1, -0.05) is 18.2 Å². The number of nitrogens with one attached hydrogen (secondary N) is 1. The average molecular weight is 480 g/mol. The summed E-state index contributed by atoms with van der Waals surface area (Å²) in [4.78, 5) is 28.9. The molecule has 0 spiro atoms. The smallest absolute Gasteiger partial charge is 0.247 e. The standard InChI is InChI=1S/C22H26FN3O4S2/c1-4-32(29,30)25-14-20(27)26(18-6-5-7-19(12-18)31-3)22(2,15-25)21(28)24-13-16-8-10-17(23)11-9-16/h5-12H,4,13-15H2,1-3H3,(H,24,28). The molecule has 1 unspecified atom stereocenters. The van der Waals surface area contributed by atoms with Crippen molar-refractivity contribution in [3.05, 3.63) is 59.9 Å². The summed E-state index contributed by atoms with van der Waals surface area (Å²) in [6, 6.07) is 12.9. The van der Waals surface area contributed by atoms with Gasteiger partial charge < -0.3 is 5.32 Å². The number of thioether (sulfide) groups is 1. The third-order valence-electron chi connectivity index (χ3n) is 5.46. The van der Waals surface area contributed by atoms with Gasteiger partial charge in [0.25, 0.3) is 0 Å². The number of benzene rings is 2. The van der Waals surface area contributed by atoms with E-state index in [1.54, 1.807) is 37.3 Å². The van der Waals surface area contributed by atoms with Crippen molar-refractivity contribution in [3.8, 4) is 0 Å². The zero-order chi connectivity index (χ0) is 23.5. The molecule has 3 rings (SSSR count). The molecular weight excluding hydrogens is 453 g/mol. The summed E-state index contributed by atoms with van der Waals surface area (Å²) in [7, 11) is -3.69. The molecule has 2 aromatic rings. The first kappa shape index (κ1) is 24.2. The molecule has 1 aliphatic heterocycles. The van der Waals surface area contributed by atoms with E-state index in [0.717, 1.165) is 9.20 Å². The van der Waals surface area contributed by atoms with Crippen LogP contribution in [0.3, 0.4) is 0 Å². The van der Waals surface area contributed by atoms with Crippen molar-refractivity contribution in [2.24, 2.45) is 0 Å². The second-order valence-electron chi connectivity index (χ2n) is 7.68. The lowest BCUT2D eigenvalue weighted by atomic mass is 9.94. The number of rotatable bonds is 7. The number of piperazine rings is 1. The third-order valence-corrected chi connectivity index (χ3v) is 7.96. The lowest BCUT2D eigenvalue weighted by molar-refractivity contribution is -0.133. The minimum absolute atomic E-state index is 0.113. The molecule has 1 atom stereocenters. The summed E-state index contributed by atoms with van der Waals surface area (Å²) in [5, 5.41) is 2.79. The Bertz CT molecular complexity index is 1110. The average Bonchev–Trinajstić information content (AvgIpc) is 2.78. The van der Waals surface area contributed by atoms with Gasteiger partial charge in [-0.15, -0.1) is 11.8 Å². The lowest BCUT2D eigenvalue weighted by Gasteiger charge is -2.46. The number of carbonyl (C=O) groups excluding carboxylic acids is 2. The molecule has 1 fully saturated rings. The van der Waals surface area contributed by atoms with E-state index < -0.39 is 27.4 Å². The fourth-order valence-corrected chi connectivity index (χ4v) is 5.25. The highest BCUT2D eigenvalue weighted by Gasteiger charge is 2.50. The lowest BCUT2D eigenvalue weighted by Crippen LogP contribution is -2.70. The number of amides is 2. The molecule has 0 radical (unpaired) electrons. The van der Waals surface area contributed by atoms with Gasteiger partial charge in [-0.25, -0.2) is 12.8 Å². The van der Waals surface area contributed by atoms with E-state index in [-0.39, 0.29) is 31.2 Å². The van der Waals surface area contributed by atoms with Crippen molar-refractivity contribution in [3.63, 3.8) is 0 Å². The van der Waals surface area contributed by atoms with Crippen molar-refractivity contribution < 1.29 is 22.4 Å². The van der Waals surface area contributed by atoms with E-state index in [9.17, 15) is 22.4 Å². The maximum absolute atomic E-state index is 13.4. The van der Waals surface area contributed by atoms with Crippen molar-refractivity contribution in [1.82, 2.24) is 9.62 Å². The summed E-state index contributed by atoms with van der Waals surface area (Å²) in [5.41, 5.74) is -0.275. The van der Waals surface area contributed by atoms with E-state index in [2.05, 4.69) is 5.32 Å². The molecule has 7 nitrogen and oxygen atoms in total. The van der Waals surface area contributed by atoms with Crippen molar-refractivity contribution in [2.45, 2.75) is 30.8 Å². The van der Waals surface area contributed by atoms with Gasteiger partial charge in [0, 0.05) is 23.7 Å². The molecular formula is C22H26FN3O4S2. The molecule has 1 saturated heterocycles. The van der Waals surface area contributed by atoms with Crippen LogP contribution in [0, 0.1) is 5.82 Å². The zero-order valence-corrected chi connectivity index (χ0v) is 19.8. The van der Waals surface area contributed by atoms with Crippen LogP contribution >= 0.6 is 11.8 Å². The van der Waals surface area contributed by atoms with Crippen LogP contribution in [0.15, 0.2) is 53.4 Å². The molecule has 1 heterocycles. The van der Waals surface area contributed by atoms with E-state index >= 15 is 0 Å². The van der Waals surface area contributed by atoms with Gasteiger partial charge in [0.1, 0.15) is 11.4 Å². The second kappa shape index (κ2) is 9.60. The number of sulfonamides is 1. The minimum atomic E-state index is -3.69. The fraction of sp³-hybridized carbons (Fsp3) is 0.364. The summed E-state index contributed by atoms with van der Waals surface area (Å²) in [6.45, 7) is 2.67. The molecule has 0 bridgehead atoms. The molecule has 1 aliphatic rings. The molecule has 32 heavy (non-hydrogen) atoms. The van der Waals surface area contributed by atoms with Crippen LogP contribution < -0.4 is 10.2 Å². The Hall–Kier alpha value is -2.43. The zero-order valence-electron chi connectivity index (χ0n) is 18.2. The second-order valence-corrected chi connectivity index (χ2v) is 10.8. The quantitative estimate of drug-likeness (QED) is 0.617. The van der Waals surface area contributed by atoms with Crippen LogP contribution in [0.25, 0.3) is 0 Å². The number of carbonyl (C=O) groups is 2. The van der Waals surface area contributed by atoms with Gasteiger partial charge in [-0.05, 0) is 56.0 Å². The van der Waals surface area contributed by atoms with Crippen LogP contribution in [0.2, 0.25) is 0 Å². The normalized spacial score (nSPS) is 19.8. The highest BCUT2D eigenvalue weighted by Crippen LogP contribution is 2.32. The van der Waals surface area contributed by atoms with Gasteiger partial charge in [0.05, 0.1) is 12.3 Å². The Labute approximate surface area is 192 Å². The first-order valence-electron chi connectivity index (χ1n) is 10.1. The molecule has 2 aromatic carbocycles. The minimum Gasteiger partial charge on any atom is -0.350 e. The molecule has 2 amide bonds. The Balaban J connectivity index is 1.97. The molecule has 0 aliphatic carbocycles. The molecule has 0 aromatic heterocycles. The number of hydrogen-bond donors (Lipinski definition) is 1. The first-order valence-corrected chi connectivity index (χ1v) is 12.9. The number of nitrogens with zero attached hydrogens (tertiary/aromatic N) is 2. The van der Waals surface area contributed by atoms with Crippen LogP contribution in [-0.2, 0) is 26.2 Å². The van der Waals surface area contributed by atoms with Crippen LogP contribution in [-0.4, -0.2) is 55.2 Å². The van der Waals surface area contributed by atoms with E-state index in [1.165, 1.54) is 35.7 Å². The van der Waals surface area contributed by atoms with Gasteiger partial charge in [0.2, 0.25) is 21.8 Å². The molecule has 10 heteroatoms. The summed E-state index contributed by atoms with van der Waals surface area (Å²) in [6.07, 6.45) is 1.90. The van der Waals surface area contributed by atoms with Gasteiger partial charge in [0.15, 0.2) is 0 Å². The highest BCUT2D eigenvalue weighted by molar-refractivity contribution is 7.98. The largest absolute Gasteiger partial charge is 0.350 e. The maximum atomic E-state index is 13.4. The Kier molecular flexibility index (Phi) is 7.26. The highest BCUT2D eigenvalue weighted by atomic mass is 32.2. The fourth-order valence-electron chi connectivity index (χ4n) is 3.67. The van der Waals surface area contributed by atoms with E-state index in [1.807, 2.05) is 12.3 Å². The predicted octanol–water partition coefficient (Wildman–Crippen LogP) is 2.62. The topological polar surface area (TPSA) is 86.8 Å². The summed E-state index contributed by atoms with van der Waals surface area (Å²) >= 11 is 1.50. The van der Waals surface area contributed by atoms with Crippen molar-refractivity contribution in [1.29, 1.82) is 0 Å². The first-order chi connectivity index (χ1) is 15.1. The van der Waals surface area contributed by atoms with Crippen molar-refractivity contribution in [2.75, 3.05) is 30.0 Å². The molecule has 1 N–H and O–H groups in total. The number of halogens is 1. The Morgan fingerprint density at radius 2 is 1.91 bits per heavy atom. The summed E-state index contributed by atoms with van der Waals surface area (Å²) in [5.74, 6) is -1.54. The molecule has 172 valence electrons. The van der Waals surface area contributed by atoms with E-state index in [4.69, 9.17) is 0 Å². The third kappa shape index (κ3) is 4.97. The number of hydrogen-bond acceptors (Lipinski definition) is 5. The maximum Gasteiger partial charge on any atom is 0.247 e. The Morgan fingerprint density at radius 1 is 1.22 bits per heavy atom. The molecule has 0 saturated carbocycles. The van der Waals surface area contributed by atoms with Crippen LogP contribution in [0.5, 0.6) is 0 Å². The predicted molar refractivity (Wildman–Crippen MR) is 123 cm³/mol. The van der Waals surface area contributed by atoms with Gasteiger partial charge >= 0.3 is 0 Å². The van der Waals surface area contributed by atoms with E-state index in [0.29, 0.717) is 11.3 Å². The van der Waals surface area contributed by atoms with Crippen molar-refractivity contribution >= 4 is 39.3 Å². The SMILES string of the molecule is CCS(=O)(=O)N1CC(=O)N(c2cccc(SC)c2)C(C)(C(=O)NCc2ccc(F)cc2)C1. The summed E-state index contributed by atoms with van der Waals surface area (Å²) < 4.78 is 39.3. The Morgan fingerprint density at radius 3 is 2.53 bits per heavy atom. The number of anilines is 1. The monoisotopic (exact) mass is 479 g/mol. The van der Waals surface area contributed by atoms with Gasteiger partial charge in [-0.2, -0.15) is 4.31 Å². The van der Waals surface area contributed by atoms with Crippen LogP contribution in [0.4, 0.5) is 10.1 Å².